The molecule has 0 saturated carbocycles. The second-order valence-corrected chi connectivity index (χ2v) is 7.37. The van der Waals surface area contributed by atoms with E-state index in [0.29, 0.717) is 5.57 Å². The van der Waals surface area contributed by atoms with Crippen LogP contribution in [0.15, 0.2) is 12.2 Å². The molecular weight excluding hydrogens is 248 g/mol. The van der Waals surface area contributed by atoms with E-state index in [-0.39, 0.29) is 12.4 Å². The number of hydrogen-bond donors (Lipinski definition) is 0. The van der Waals surface area contributed by atoms with E-state index in [1.54, 1.807) is 21.1 Å². The van der Waals surface area contributed by atoms with Gasteiger partial charge in [0.25, 0.3) is 0 Å². The van der Waals surface area contributed by atoms with Crippen molar-refractivity contribution in [1.82, 2.24) is 0 Å². The Bertz CT molecular complexity index is 262. The zero-order chi connectivity index (χ0) is 14.0. The van der Waals surface area contributed by atoms with Crippen LogP contribution in [0.5, 0.6) is 0 Å². The molecule has 0 aliphatic heterocycles. The first-order chi connectivity index (χ1) is 8.51. The van der Waals surface area contributed by atoms with Gasteiger partial charge in [-0.05, 0) is 18.9 Å². The summed E-state index contributed by atoms with van der Waals surface area (Å²) in [5, 5.41) is 0. The molecule has 0 amide bonds. The molecule has 0 spiro atoms. The van der Waals surface area contributed by atoms with Crippen LogP contribution >= 0.6 is 0 Å². The van der Waals surface area contributed by atoms with Crippen LogP contribution in [0.1, 0.15) is 39.5 Å². The molecule has 0 heterocycles. The lowest BCUT2D eigenvalue weighted by Crippen LogP contribution is -2.45. The molecule has 0 atom stereocenters. The van der Waals surface area contributed by atoms with Crippen LogP contribution in [0.4, 0.5) is 0 Å². The van der Waals surface area contributed by atoms with Crippen LogP contribution in [0.3, 0.4) is 0 Å². The molecular formula is C13H26O4Si. The Morgan fingerprint density at radius 2 is 1.78 bits per heavy atom. The first-order valence-electron chi connectivity index (χ1n) is 6.44. The van der Waals surface area contributed by atoms with Crippen LogP contribution in [0.25, 0.3) is 0 Å². The minimum absolute atomic E-state index is 0.00296. The number of carbonyl (C=O) groups is 1. The summed E-state index contributed by atoms with van der Waals surface area (Å²) in [6, 6.07) is 0.753. The molecule has 4 nitrogen and oxygen atoms in total. The van der Waals surface area contributed by atoms with E-state index in [4.69, 9.17) is 13.3 Å². The fraction of sp³-hybridized carbons (Fsp3) is 0.769. The van der Waals surface area contributed by atoms with E-state index in [0.717, 1.165) is 18.9 Å². The average Bonchev–Trinajstić information content (AvgIpc) is 2.38. The van der Waals surface area contributed by atoms with Crippen LogP contribution in [-0.4, -0.2) is 35.4 Å². The Hall–Kier alpha value is -0.493. The van der Waals surface area contributed by atoms with Gasteiger partial charge >= 0.3 is 8.80 Å². The van der Waals surface area contributed by atoms with E-state index < -0.39 is 8.80 Å². The molecule has 0 N–H and O–H groups in total. The lowest BCUT2D eigenvalue weighted by molar-refractivity contribution is -0.118. The molecule has 0 unspecified atom stereocenters. The van der Waals surface area contributed by atoms with E-state index in [9.17, 15) is 4.79 Å². The zero-order valence-electron chi connectivity index (χ0n) is 12.1. The van der Waals surface area contributed by atoms with Crippen molar-refractivity contribution >= 4 is 14.6 Å². The maximum Gasteiger partial charge on any atom is 0.500 e. The molecule has 0 rings (SSSR count). The van der Waals surface area contributed by atoms with Gasteiger partial charge in [-0.1, -0.05) is 32.8 Å². The van der Waals surface area contributed by atoms with Gasteiger partial charge in [0.05, 0.1) is 0 Å². The van der Waals surface area contributed by atoms with Gasteiger partial charge in [-0.15, -0.1) is 0 Å². The maximum atomic E-state index is 11.5. The van der Waals surface area contributed by atoms with Crippen molar-refractivity contribution in [2.24, 2.45) is 0 Å². The topological polar surface area (TPSA) is 44.8 Å². The minimum Gasteiger partial charge on any atom is -0.377 e. The first-order valence-corrected chi connectivity index (χ1v) is 8.37. The van der Waals surface area contributed by atoms with Crippen molar-refractivity contribution < 1.29 is 18.1 Å². The van der Waals surface area contributed by atoms with Crippen LogP contribution < -0.4 is 0 Å². The molecule has 5 heteroatoms. The first kappa shape index (κ1) is 17.5. The molecule has 106 valence electrons. The maximum absolute atomic E-state index is 11.5. The third kappa shape index (κ3) is 6.44. The highest BCUT2D eigenvalue weighted by Crippen LogP contribution is 2.18. The molecule has 0 aromatic rings. The second kappa shape index (κ2) is 9.44. The Morgan fingerprint density at radius 3 is 2.22 bits per heavy atom. The Kier molecular flexibility index (Phi) is 9.18. The van der Waals surface area contributed by atoms with Gasteiger partial charge in [0.2, 0.25) is 0 Å². The standard InChI is InChI=1S/C13H26O4Si/c1-6-7-8-9-10-18(15-4,16-5)17-11-13(14)12(2)3/h2,6-11H2,1,3-5H3. The van der Waals surface area contributed by atoms with Gasteiger partial charge in [-0.25, -0.2) is 0 Å². The summed E-state index contributed by atoms with van der Waals surface area (Å²) in [7, 11) is 0.504. The van der Waals surface area contributed by atoms with Gasteiger partial charge in [-0.2, -0.15) is 0 Å². The Morgan fingerprint density at radius 1 is 1.17 bits per heavy atom. The third-order valence-electron chi connectivity index (χ3n) is 2.86. The normalized spacial score (nSPS) is 11.6. The number of unbranched alkanes of at least 4 members (excludes halogenated alkanes) is 3. The average molecular weight is 274 g/mol. The van der Waals surface area contributed by atoms with Crippen molar-refractivity contribution in [3.63, 3.8) is 0 Å². The summed E-state index contributed by atoms with van der Waals surface area (Å²) in [5.41, 5.74) is 0.496. The SMILES string of the molecule is C=C(C)C(=O)CO[Si](CCCCCC)(OC)OC. The van der Waals surface area contributed by atoms with Crippen LogP contribution in [0.2, 0.25) is 6.04 Å². The van der Waals surface area contributed by atoms with Gasteiger partial charge in [-0.3, -0.25) is 4.79 Å². The smallest absolute Gasteiger partial charge is 0.377 e. The predicted molar refractivity (Wildman–Crippen MR) is 74.5 cm³/mol. The highest BCUT2D eigenvalue weighted by Gasteiger charge is 2.38. The van der Waals surface area contributed by atoms with Crippen molar-refractivity contribution in [3.8, 4) is 0 Å². The minimum atomic E-state index is -2.66. The summed E-state index contributed by atoms with van der Waals surface area (Å²) in [4.78, 5) is 11.5. The van der Waals surface area contributed by atoms with Crippen molar-refractivity contribution in [2.75, 3.05) is 20.8 Å². The van der Waals surface area contributed by atoms with E-state index in [2.05, 4.69) is 13.5 Å². The van der Waals surface area contributed by atoms with E-state index >= 15 is 0 Å². The third-order valence-corrected chi connectivity index (χ3v) is 5.65. The molecule has 0 aromatic carbocycles. The molecule has 0 fully saturated rings. The summed E-state index contributed by atoms with van der Waals surface area (Å²) < 4.78 is 16.4. The van der Waals surface area contributed by atoms with Gasteiger partial charge in [0, 0.05) is 20.3 Å². The molecule has 0 aromatic heterocycles. The number of carbonyl (C=O) groups excluding carboxylic acids is 1. The highest BCUT2D eigenvalue weighted by molar-refractivity contribution is 6.60. The number of Topliss-reactive ketones (excluding diaryl/α,β-unsaturated/α-hetero) is 1. The van der Waals surface area contributed by atoms with Crippen LogP contribution in [-0.2, 0) is 18.1 Å². The summed E-state index contributed by atoms with van der Waals surface area (Å²) >= 11 is 0. The van der Waals surface area contributed by atoms with Crippen LogP contribution in [0, 0.1) is 0 Å². The van der Waals surface area contributed by atoms with Gasteiger partial charge in [0.1, 0.15) is 6.61 Å². The fourth-order valence-corrected chi connectivity index (χ4v) is 3.53. The Balaban J connectivity index is 4.24. The van der Waals surface area contributed by atoms with Crippen molar-refractivity contribution in [2.45, 2.75) is 45.6 Å². The number of rotatable bonds is 11. The number of hydrogen-bond acceptors (Lipinski definition) is 4. The highest BCUT2D eigenvalue weighted by atomic mass is 28.4. The van der Waals surface area contributed by atoms with Crippen molar-refractivity contribution in [1.29, 1.82) is 0 Å². The van der Waals surface area contributed by atoms with E-state index in [1.807, 2.05) is 0 Å². The lowest BCUT2D eigenvalue weighted by Gasteiger charge is -2.26. The Labute approximate surface area is 112 Å². The summed E-state index contributed by atoms with van der Waals surface area (Å²) in [6.07, 6.45) is 4.52. The quantitative estimate of drug-likeness (QED) is 0.330. The summed E-state index contributed by atoms with van der Waals surface area (Å²) in [5.74, 6) is -0.102. The van der Waals surface area contributed by atoms with Crippen molar-refractivity contribution in [3.05, 3.63) is 12.2 Å². The molecule has 18 heavy (non-hydrogen) atoms. The predicted octanol–water partition coefficient (Wildman–Crippen LogP) is 2.96. The van der Waals surface area contributed by atoms with Gasteiger partial charge in [0.15, 0.2) is 5.78 Å². The molecule has 0 aliphatic rings. The van der Waals surface area contributed by atoms with Gasteiger partial charge < -0.3 is 13.3 Å². The molecule has 0 radical (unpaired) electrons. The fourth-order valence-electron chi connectivity index (χ4n) is 1.54. The second-order valence-electron chi connectivity index (χ2n) is 4.39. The zero-order valence-corrected chi connectivity index (χ0v) is 13.1. The molecule has 0 saturated heterocycles. The molecule has 0 bridgehead atoms. The molecule has 0 aliphatic carbocycles. The van der Waals surface area contributed by atoms with E-state index in [1.165, 1.54) is 12.8 Å². The summed E-state index contributed by atoms with van der Waals surface area (Å²) in [6.45, 7) is 7.44. The monoisotopic (exact) mass is 274 g/mol. The number of ketones is 1. The lowest BCUT2D eigenvalue weighted by atomic mass is 10.2. The largest absolute Gasteiger partial charge is 0.500 e.